The molecule has 1 heterocycles. The lowest BCUT2D eigenvalue weighted by Gasteiger charge is -2.02. The molecular formula is C12H14FN3OS. The van der Waals surface area contributed by atoms with Gasteiger partial charge in [-0.25, -0.2) is 4.39 Å². The predicted octanol–water partition coefficient (Wildman–Crippen LogP) is 2.89. The number of ether oxygens (including phenoxy) is 1. The largest absolute Gasteiger partial charge is 0.430 e. The normalized spacial score (nSPS) is 10.6. The van der Waals surface area contributed by atoms with Crippen LogP contribution in [-0.2, 0) is 6.54 Å². The SMILES string of the molecule is CCNCc1nnc(Oc2ccc(F)c(C)c2)s1. The Balaban J connectivity index is 2.04. The van der Waals surface area contributed by atoms with Crippen molar-refractivity contribution in [2.45, 2.75) is 20.4 Å². The second kappa shape index (κ2) is 5.88. The highest BCUT2D eigenvalue weighted by Crippen LogP contribution is 2.26. The van der Waals surface area contributed by atoms with Gasteiger partial charge in [0.05, 0.1) is 0 Å². The quantitative estimate of drug-likeness (QED) is 0.905. The summed E-state index contributed by atoms with van der Waals surface area (Å²) in [6.45, 7) is 5.28. The molecule has 0 bridgehead atoms. The Bertz CT molecular complexity index is 530. The van der Waals surface area contributed by atoms with E-state index in [1.807, 2.05) is 6.92 Å². The van der Waals surface area contributed by atoms with E-state index in [0.717, 1.165) is 11.6 Å². The Morgan fingerprint density at radius 3 is 2.94 bits per heavy atom. The minimum atomic E-state index is -0.243. The summed E-state index contributed by atoms with van der Waals surface area (Å²) in [5, 5.41) is 12.4. The van der Waals surface area contributed by atoms with Crippen LogP contribution in [0, 0.1) is 12.7 Å². The third kappa shape index (κ3) is 3.24. The Labute approximate surface area is 109 Å². The average molecular weight is 267 g/mol. The maximum Gasteiger partial charge on any atom is 0.299 e. The van der Waals surface area contributed by atoms with Crippen molar-refractivity contribution in [1.29, 1.82) is 0 Å². The first-order valence-electron chi connectivity index (χ1n) is 5.66. The van der Waals surface area contributed by atoms with Crippen molar-refractivity contribution < 1.29 is 9.13 Å². The summed E-state index contributed by atoms with van der Waals surface area (Å²) >= 11 is 1.38. The number of nitrogens with one attached hydrogen (secondary N) is 1. The molecule has 1 aromatic carbocycles. The molecule has 0 aliphatic rings. The van der Waals surface area contributed by atoms with E-state index in [4.69, 9.17) is 4.74 Å². The van der Waals surface area contributed by atoms with Crippen LogP contribution in [-0.4, -0.2) is 16.7 Å². The molecule has 0 saturated heterocycles. The van der Waals surface area contributed by atoms with Crippen LogP contribution in [0.15, 0.2) is 18.2 Å². The van der Waals surface area contributed by atoms with Crippen molar-refractivity contribution in [1.82, 2.24) is 15.5 Å². The van der Waals surface area contributed by atoms with E-state index in [2.05, 4.69) is 15.5 Å². The third-order valence-corrected chi connectivity index (χ3v) is 3.11. The zero-order valence-corrected chi connectivity index (χ0v) is 11.1. The monoisotopic (exact) mass is 267 g/mol. The van der Waals surface area contributed by atoms with E-state index < -0.39 is 0 Å². The summed E-state index contributed by atoms with van der Waals surface area (Å²) in [7, 11) is 0. The standard InChI is InChI=1S/C12H14FN3OS/c1-3-14-7-11-15-16-12(18-11)17-9-4-5-10(13)8(2)6-9/h4-6,14H,3,7H2,1-2H3. The summed E-state index contributed by atoms with van der Waals surface area (Å²) in [4.78, 5) is 0. The lowest BCUT2D eigenvalue weighted by Crippen LogP contribution is -2.11. The molecule has 96 valence electrons. The Morgan fingerprint density at radius 1 is 1.39 bits per heavy atom. The Morgan fingerprint density at radius 2 is 2.22 bits per heavy atom. The number of hydrogen-bond donors (Lipinski definition) is 1. The zero-order valence-electron chi connectivity index (χ0n) is 10.2. The Hall–Kier alpha value is -1.53. The Kier molecular flexibility index (Phi) is 4.22. The second-order valence-electron chi connectivity index (χ2n) is 3.76. The molecule has 0 spiro atoms. The average Bonchev–Trinajstić information content (AvgIpc) is 2.79. The predicted molar refractivity (Wildman–Crippen MR) is 68.5 cm³/mol. The molecule has 0 atom stereocenters. The fraction of sp³-hybridized carbons (Fsp3) is 0.333. The van der Waals surface area contributed by atoms with Crippen LogP contribution in [0.1, 0.15) is 17.5 Å². The second-order valence-corrected chi connectivity index (χ2v) is 4.78. The van der Waals surface area contributed by atoms with Crippen molar-refractivity contribution in [3.63, 3.8) is 0 Å². The highest BCUT2D eigenvalue weighted by Gasteiger charge is 2.07. The molecule has 6 heteroatoms. The third-order valence-electron chi connectivity index (χ3n) is 2.31. The van der Waals surface area contributed by atoms with Crippen molar-refractivity contribution in [2.24, 2.45) is 0 Å². The maximum absolute atomic E-state index is 13.1. The molecule has 0 radical (unpaired) electrons. The summed E-state index contributed by atoms with van der Waals surface area (Å²) in [5.41, 5.74) is 0.546. The van der Waals surface area contributed by atoms with E-state index in [0.29, 0.717) is 23.1 Å². The molecule has 0 unspecified atom stereocenters. The fourth-order valence-corrected chi connectivity index (χ4v) is 2.04. The molecule has 0 amide bonds. The molecule has 1 N–H and O–H groups in total. The van der Waals surface area contributed by atoms with Crippen molar-refractivity contribution in [2.75, 3.05) is 6.54 Å². The molecule has 2 aromatic rings. The van der Waals surface area contributed by atoms with Gasteiger partial charge in [-0.05, 0) is 37.2 Å². The molecule has 18 heavy (non-hydrogen) atoms. The number of aromatic nitrogens is 2. The molecule has 0 saturated carbocycles. The first-order chi connectivity index (χ1) is 8.69. The minimum absolute atomic E-state index is 0.243. The number of hydrogen-bond acceptors (Lipinski definition) is 5. The zero-order chi connectivity index (χ0) is 13.0. The van der Waals surface area contributed by atoms with E-state index in [9.17, 15) is 4.39 Å². The van der Waals surface area contributed by atoms with Crippen LogP contribution in [0.5, 0.6) is 10.9 Å². The molecule has 0 aliphatic carbocycles. The highest BCUT2D eigenvalue weighted by molar-refractivity contribution is 7.13. The smallest absolute Gasteiger partial charge is 0.299 e. The first-order valence-corrected chi connectivity index (χ1v) is 6.47. The van der Waals surface area contributed by atoms with Gasteiger partial charge in [-0.15, -0.1) is 5.10 Å². The van der Waals surface area contributed by atoms with E-state index in [1.54, 1.807) is 19.1 Å². The van der Waals surface area contributed by atoms with E-state index >= 15 is 0 Å². The number of nitrogens with zero attached hydrogens (tertiary/aromatic N) is 2. The molecule has 1 aromatic heterocycles. The van der Waals surface area contributed by atoms with Gasteiger partial charge in [0.15, 0.2) is 0 Å². The number of benzene rings is 1. The van der Waals surface area contributed by atoms with Crippen LogP contribution in [0.3, 0.4) is 0 Å². The molecule has 2 rings (SSSR count). The lowest BCUT2D eigenvalue weighted by atomic mass is 10.2. The van der Waals surface area contributed by atoms with Gasteiger partial charge in [0.25, 0.3) is 5.19 Å². The van der Waals surface area contributed by atoms with Gasteiger partial charge in [0.2, 0.25) is 0 Å². The highest BCUT2D eigenvalue weighted by atomic mass is 32.1. The topological polar surface area (TPSA) is 47.0 Å². The van der Waals surface area contributed by atoms with E-state index in [-0.39, 0.29) is 5.82 Å². The fourth-order valence-electron chi connectivity index (χ4n) is 1.36. The van der Waals surface area contributed by atoms with Crippen molar-refractivity contribution in [3.05, 3.63) is 34.6 Å². The van der Waals surface area contributed by atoms with Gasteiger partial charge >= 0.3 is 0 Å². The van der Waals surface area contributed by atoms with Gasteiger partial charge in [-0.1, -0.05) is 23.4 Å². The van der Waals surface area contributed by atoms with Gasteiger partial charge in [0.1, 0.15) is 16.6 Å². The molecular weight excluding hydrogens is 253 g/mol. The number of aryl methyl sites for hydroxylation is 1. The van der Waals surface area contributed by atoms with Crippen LogP contribution in [0.4, 0.5) is 4.39 Å². The summed E-state index contributed by atoms with van der Waals surface area (Å²) < 4.78 is 18.6. The van der Waals surface area contributed by atoms with Gasteiger partial charge < -0.3 is 10.1 Å². The van der Waals surface area contributed by atoms with Gasteiger partial charge in [-0.3, -0.25) is 0 Å². The van der Waals surface area contributed by atoms with Crippen LogP contribution >= 0.6 is 11.3 Å². The summed E-state index contributed by atoms with van der Waals surface area (Å²) in [6, 6.07) is 4.60. The van der Waals surface area contributed by atoms with Crippen LogP contribution in [0.2, 0.25) is 0 Å². The van der Waals surface area contributed by atoms with Gasteiger partial charge in [0, 0.05) is 6.54 Å². The lowest BCUT2D eigenvalue weighted by molar-refractivity contribution is 0.470. The summed E-state index contributed by atoms with van der Waals surface area (Å²) in [6.07, 6.45) is 0. The van der Waals surface area contributed by atoms with E-state index in [1.165, 1.54) is 17.4 Å². The number of rotatable bonds is 5. The number of halogens is 1. The summed E-state index contributed by atoms with van der Waals surface area (Å²) in [5.74, 6) is 0.326. The maximum atomic E-state index is 13.1. The van der Waals surface area contributed by atoms with Crippen LogP contribution in [0.25, 0.3) is 0 Å². The molecule has 4 nitrogen and oxygen atoms in total. The van der Waals surface area contributed by atoms with Crippen LogP contribution < -0.4 is 10.1 Å². The van der Waals surface area contributed by atoms with Crippen molar-refractivity contribution in [3.8, 4) is 10.9 Å². The first kappa shape index (κ1) is 12.9. The molecule has 0 aliphatic heterocycles. The van der Waals surface area contributed by atoms with Gasteiger partial charge in [-0.2, -0.15) is 0 Å². The minimum Gasteiger partial charge on any atom is -0.430 e. The molecule has 0 fully saturated rings. The van der Waals surface area contributed by atoms with Crippen molar-refractivity contribution >= 4 is 11.3 Å².